The molecule has 5 nitrogen and oxygen atoms in total. The van der Waals surface area contributed by atoms with Crippen LogP contribution in [-0.4, -0.2) is 39.8 Å². The highest BCUT2D eigenvalue weighted by molar-refractivity contribution is 5.83. The van der Waals surface area contributed by atoms with Crippen LogP contribution in [0.15, 0.2) is 53.5 Å². The van der Waals surface area contributed by atoms with E-state index in [0.29, 0.717) is 6.42 Å². The van der Waals surface area contributed by atoms with E-state index in [0.717, 1.165) is 54.5 Å². The number of benzene rings is 1. The molecule has 4 rings (SSSR count). The first kappa shape index (κ1) is 16.9. The van der Waals surface area contributed by atoms with Gasteiger partial charge in [0.25, 0.3) is 5.56 Å². The Kier molecular flexibility index (Phi) is 4.80. The van der Waals surface area contributed by atoms with Gasteiger partial charge in [-0.3, -0.25) is 9.78 Å². The number of aromatic nitrogens is 3. The Hall–Kier alpha value is -2.53. The summed E-state index contributed by atoms with van der Waals surface area (Å²) >= 11 is 0. The predicted molar refractivity (Wildman–Crippen MR) is 103 cm³/mol. The van der Waals surface area contributed by atoms with E-state index in [1.165, 1.54) is 0 Å². The van der Waals surface area contributed by atoms with Gasteiger partial charge < -0.3 is 4.90 Å². The van der Waals surface area contributed by atoms with Crippen molar-refractivity contribution in [2.45, 2.75) is 31.7 Å². The highest BCUT2D eigenvalue weighted by Gasteiger charge is 2.21. The number of nitrogens with zero attached hydrogens (tertiary/aromatic N) is 4. The fourth-order valence-corrected chi connectivity index (χ4v) is 3.79. The Balaban J connectivity index is 1.80. The summed E-state index contributed by atoms with van der Waals surface area (Å²) in [5, 5.41) is 6.52. The number of likely N-dealkylation sites (tertiary alicyclic amines) is 1. The van der Waals surface area contributed by atoms with Crippen molar-refractivity contribution in [1.82, 2.24) is 19.7 Å². The van der Waals surface area contributed by atoms with E-state index in [1.807, 2.05) is 42.5 Å². The van der Waals surface area contributed by atoms with Crippen molar-refractivity contribution < 1.29 is 0 Å². The molecule has 134 valence electrons. The van der Waals surface area contributed by atoms with E-state index in [4.69, 9.17) is 5.10 Å². The molecule has 1 aromatic carbocycles. The number of hydrogen-bond acceptors (Lipinski definition) is 4. The molecule has 0 amide bonds. The van der Waals surface area contributed by atoms with E-state index in [9.17, 15) is 4.79 Å². The van der Waals surface area contributed by atoms with Crippen molar-refractivity contribution in [3.8, 4) is 0 Å². The Morgan fingerprint density at radius 2 is 1.85 bits per heavy atom. The van der Waals surface area contributed by atoms with E-state index in [2.05, 4.69) is 16.9 Å². The molecule has 3 heterocycles. The Labute approximate surface area is 153 Å². The third-order valence-corrected chi connectivity index (χ3v) is 5.25. The zero-order valence-electron chi connectivity index (χ0n) is 15.1. The number of hydrogen-bond donors (Lipinski definition) is 0. The Morgan fingerprint density at radius 3 is 2.65 bits per heavy atom. The van der Waals surface area contributed by atoms with Crippen LogP contribution in [0.2, 0.25) is 0 Å². The third kappa shape index (κ3) is 3.40. The summed E-state index contributed by atoms with van der Waals surface area (Å²) in [5.41, 5.74) is 1.92. The van der Waals surface area contributed by atoms with Crippen LogP contribution in [0.3, 0.4) is 0 Å². The topological polar surface area (TPSA) is 51.0 Å². The minimum absolute atomic E-state index is 0.0277. The first-order valence-corrected chi connectivity index (χ1v) is 9.31. The second-order valence-electron chi connectivity index (χ2n) is 7.13. The van der Waals surface area contributed by atoms with Gasteiger partial charge in [0, 0.05) is 23.7 Å². The maximum atomic E-state index is 13.1. The summed E-state index contributed by atoms with van der Waals surface area (Å²) in [5.74, 6) is 0. The molecule has 1 fully saturated rings. The molecule has 1 saturated heterocycles. The standard InChI is InChI=1S/C21H24N4O/c1-24-13-6-8-17(11-14-24)25-21(26)19-10-3-2-9-18(19)20(23-25)15-16-7-4-5-12-22-16/h2-5,7,9-10,12,17H,6,8,11,13-15H2,1H3. The number of rotatable bonds is 3. The van der Waals surface area contributed by atoms with Crippen LogP contribution >= 0.6 is 0 Å². The highest BCUT2D eigenvalue weighted by Crippen LogP contribution is 2.23. The molecule has 1 aliphatic heterocycles. The van der Waals surface area contributed by atoms with Gasteiger partial charge in [0.15, 0.2) is 0 Å². The Bertz CT molecular complexity index is 951. The first-order chi connectivity index (χ1) is 12.7. The van der Waals surface area contributed by atoms with Crippen molar-refractivity contribution in [3.05, 3.63) is 70.4 Å². The average molecular weight is 348 g/mol. The molecule has 5 heteroatoms. The molecule has 2 aromatic heterocycles. The lowest BCUT2D eigenvalue weighted by Crippen LogP contribution is -2.29. The van der Waals surface area contributed by atoms with Gasteiger partial charge in [-0.25, -0.2) is 4.68 Å². The minimum atomic E-state index is 0.0277. The van der Waals surface area contributed by atoms with Crippen molar-refractivity contribution >= 4 is 10.8 Å². The highest BCUT2D eigenvalue weighted by atomic mass is 16.1. The van der Waals surface area contributed by atoms with Crippen LogP contribution in [0.4, 0.5) is 0 Å². The zero-order chi connectivity index (χ0) is 17.9. The van der Waals surface area contributed by atoms with Gasteiger partial charge in [-0.2, -0.15) is 5.10 Å². The maximum Gasteiger partial charge on any atom is 0.274 e. The average Bonchev–Trinajstić information content (AvgIpc) is 2.89. The lowest BCUT2D eigenvalue weighted by Gasteiger charge is -2.19. The zero-order valence-corrected chi connectivity index (χ0v) is 15.1. The van der Waals surface area contributed by atoms with Crippen LogP contribution in [0.25, 0.3) is 10.8 Å². The van der Waals surface area contributed by atoms with Crippen molar-refractivity contribution in [2.24, 2.45) is 0 Å². The van der Waals surface area contributed by atoms with Crippen LogP contribution < -0.4 is 5.56 Å². The van der Waals surface area contributed by atoms with Crippen molar-refractivity contribution in [2.75, 3.05) is 20.1 Å². The molecule has 0 aliphatic carbocycles. The molecule has 0 spiro atoms. The van der Waals surface area contributed by atoms with E-state index in [-0.39, 0.29) is 11.6 Å². The summed E-state index contributed by atoms with van der Waals surface area (Å²) in [7, 11) is 2.14. The maximum absolute atomic E-state index is 13.1. The van der Waals surface area contributed by atoms with Gasteiger partial charge in [-0.15, -0.1) is 0 Å². The fourth-order valence-electron chi connectivity index (χ4n) is 3.79. The quantitative estimate of drug-likeness (QED) is 0.730. The van der Waals surface area contributed by atoms with Crippen LogP contribution in [-0.2, 0) is 6.42 Å². The minimum Gasteiger partial charge on any atom is -0.306 e. The second kappa shape index (κ2) is 7.38. The van der Waals surface area contributed by atoms with Gasteiger partial charge in [0.2, 0.25) is 0 Å². The molecule has 26 heavy (non-hydrogen) atoms. The molecule has 1 unspecified atom stereocenters. The predicted octanol–water partition coefficient (Wildman–Crippen LogP) is 3.04. The van der Waals surface area contributed by atoms with Crippen LogP contribution in [0, 0.1) is 0 Å². The van der Waals surface area contributed by atoms with Crippen molar-refractivity contribution in [3.63, 3.8) is 0 Å². The van der Waals surface area contributed by atoms with E-state index >= 15 is 0 Å². The monoisotopic (exact) mass is 348 g/mol. The van der Waals surface area contributed by atoms with Gasteiger partial charge in [-0.05, 0) is 57.6 Å². The smallest absolute Gasteiger partial charge is 0.274 e. The fraction of sp³-hybridized carbons (Fsp3) is 0.381. The molecule has 1 aliphatic rings. The molecule has 3 aromatic rings. The molecular weight excluding hydrogens is 324 g/mol. The van der Waals surface area contributed by atoms with Gasteiger partial charge >= 0.3 is 0 Å². The summed E-state index contributed by atoms with van der Waals surface area (Å²) in [6.07, 6.45) is 5.49. The first-order valence-electron chi connectivity index (χ1n) is 9.31. The van der Waals surface area contributed by atoms with Gasteiger partial charge in [0.1, 0.15) is 0 Å². The summed E-state index contributed by atoms with van der Waals surface area (Å²) in [6, 6.07) is 13.9. The summed E-state index contributed by atoms with van der Waals surface area (Å²) in [4.78, 5) is 19.9. The van der Waals surface area contributed by atoms with E-state index < -0.39 is 0 Å². The van der Waals surface area contributed by atoms with Crippen LogP contribution in [0.5, 0.6) is 0 Å². The molecule has 0 bridgehead atoms. The lowest BCUT2D eigenvalue weighted by molar-refractivity contribution is 0.334. The van der Waals surface area contributed by atoms with Gasteiger partial charge in [0.05, 0.1) is 17.1 Å². The van der Waals surface area contributed by atoms with Crippen LogP contribution in [0.1, 0.15) is 36.7 Å². The summed E-state index contributed by atoms with van der Waals surface area (Å²) in [6.45, 7) is 2.08. The molecule has 1 atom stereocenters. The second-order valence-corrected chi connectivity index (χ2v) is 7.13. The summed E-state index contributed by atoms with van der Waals surface area (Å²) < 4.78 is 1.75. The number of pyridine rings is 1. The SMILES string of the molecule is CN1CCCC(n2nc(Cc3ccccn3)c3ccccc3c2=O)CC1. The largest absolute Gasteiger partial charge is 0.306 e. The lowest BCUT2D eigenvalue weighted by atomic mass is 10.1. The van der Waals surface area contributed by atoms with E-state index in [1.54, 1.807) is 10.9 Å². The molecule has 0 saturated carbocycles. The number of fused-ring (bicyclic) bond motifs is 1. The van der Waals surface area contributed by atoms with Gasteiger partial charge in [-0.1, -0.05) is 24.3 Å². The molecular formula is C21H24N4O. The molecule has 0 radical (unpaired) electrons. The Morgan fingerprint density at radius 1 is 1.04 bits per heavy atom. The van der Waals surface area contributed by atoms with Crippen molar-refractivity contribution in [1.29, 1.82) is 0 Å². The molecule has 0 N–H and O–H groups in total. The normalized spacial score (nSPS) is 18.7. The third-order valence-electron chi connectivity index (χ3n) is 5.25.